The summed E-state index contributed by atoms with van der Waals surface area (Å²) >= 11 is 5.93. The van der Waals surface area contributed by atoms with Gasteiger partial charge in [0, 0.05) is 6.54 Å². The number of carbonyl (C=O) groups excluding carboxylic acids is 1. The van der Waals surface area contributed by atoms with Crippen molar-refractivity contribution < 1.29 is 9.18 Å². The normalized spacial score (nSPS) is 12.3. The van der Waals surface area contributed by atoms with Gasteiger partial charge in [0.25, 0.3) is 5.91 Å². The van der Waals surface area contributed by atoms with Crippen LogP contribution in [0.3, 0.4) is 0 Å². The van der Waals surface area contributed by atoms with Crippen molar-refractivity contribution in [3.05, 3.63) is 70.0 Å². The van der Waals surface area contributed by atoms with Crippen LogP contribution in [0.1, 0.15) is 27.5 Å². The van der Waals surface area contributed by atoms with E-state index in [-0.39, 0.29) is 16.6 Å². The molecule has 0 aliphatic carbocycles. The average Bonchev–Trinajstić information content (AvgIpc) is 2.48. The maximum absolute atomic E-state index is 13.8. The number of aryl methyl sites for hydroxylation is 1. The lowest BCUT2D eigenvalue weighted by Crippen LogP contribution is -2.35. The third-order valence-electron chi connectivity index (χ3n) is 3.73. The molecule has 5 heteroatoms. The summed E-state index contributed by atoms with van der Waals surface area (Å²) < 4.78 is 13.8. The molecule has 1 amide bonds. The van der Waals surface area contributed by atoms with Crippen molar-refractivity contribution in [3.8, 4) is 0 Å². The van der Waals surface area contributed by atoms with Crippen molar-refractivity contribution in [2.75, 3.05) is 20.6 Å². The van der Waals surface area contributed by atoms with Gasteiger partial charge in [-0.2, -0.15) is 0 Å². The van der Waals surface area contributed by atoms with E-state index in [0.29, 0.717) is 6.54 Å². The molecule has 23 heavy (non-hydrogen) atoms. The topological polar surface area (TPSA) is 32.3 Å². The first-order valence-corrected chi connectivity index (χ1v) is 7.73. The molecule has 0 radical (unpaired) electrons. The first-order valence-electron chi connectivity index (χ1n) is 7.35. The minimum atomic E-state index is -0.619. The van der Waals surface area contributed by atoms with Crippen LogP contribution in [0.15, 0.2) is 42.5 Å². The van der Waals surface area contributed by atoms with E-state index < -0.39 is 11.7 Å². The molecule has 122 valence electrons. The van der Waals surface area contributed by atoms with Crippen molar-refractivity contribution >= 4 is 17.5 Å². The van der Waals surface area contributed by atoms with E-state index in [9.17, 15) is 9.18 Å². The second-order valence-corrected chi connectivity index (χ2v) is 6.10. The van der Waals surface area contributed by atoms with Crippen LogP contribution in [0.5, 0.6) is 0 Å². The van der Waals surface area contributed by atoms with E-state index in [2.05, 4.69) is 5.32 Å². The van der Waals surface area contributed by atoms with Crippen LogP contribution < -0.4 is 5.32 Å². The van der Waals surface area contributed by atoms with E-state index in [1.165, 1.54) is 23.8 Å². The zero-order chi connectivity index (χ0) is 17.0. The lowest BCUT2D eigenvalue weighted by Gasteiger charge is -2.25. The van der Waals surface area contributed by atoms with Crippen molar-refractivity contribution in [2.45, 2.75) is 13.0 Å². The molecular weight excluding hydrogens is 315 g/mol. The van der Waals surface area contributed by atoms with E-state index >= 15 is 0 Å². The molecule has 2 aromatic carbocycles. The highest BCUT2D eigenvalue weighted by atomic mass is 35.5. The highest BCUT2D eigenvalue weighted by molar-refractivity contribution is 6.33. The Morgan fingerprint density at radius 3 is 2.43 bits per heavy atom. The van der Waals surface area contributed by atoms with E-state index in [4.69, 9.17) is 11.6 Å². The third kappa shape index (κ3) is 4.30. The molecule has 2 aromatic rings. The number of rotatable bonds is 5. The monoisotopic (exact) mass is 334 g/mol. The number of hydrogen-bond acceptors (Lipinski definition) is 2. The van der Waals surface area contributed by atoms with Crippen LogP contribution in [-0.4, -0.2) is 31.4 Å². The fourth-order valence-electron chi connectivity index (χ4n) is 2.38. The molecule has 0 bridgehead atoms. The number of carbonyl (C=O) groups is 1. The van der Waals surface area contributed by atoms with Gasteiger partial charge in [-0.05, 0) is 38.7 Å². The van der Waals surface area contributed by atoms with E-state index in [1.54, 1.807) is 0 Å². The molecule has 3 nitrogen and oxygen atoms in total. The van der Waals surface area contributed by atoms with Gasteiger partial charge < -0.3 is 10.2 Å². The summed E-state index contributed by atoms with van der Waals surface area (Å²) in [5, 5.41) is 2.88. The van der Waals surface area contributed by atoms with Gasteiger partial charge in [-0.1, -0.05) is 47.5 Å². The quantitative estimate of drug-likeness (QED) is 0.901. The van der Waals surface area contributed by atoms with Gasteiger partial charge in [-0.3, -0.25) is 4.79 Å². The molecule has 0 saturated carbocycles. The maximum Gasteiger partial charge on any atom is 0.255 e. The van der Waals surface area contributed by atoms with E-state index in [1.807, 2.05) is 50.2 Å². The highest BCUT2D eigenvalue weighted by Gasteiger charge is 2.19. The first-order chi connectivity index (χ1) is 10.9. The number of halogens is 2. The Labute approximate surface area is 141 Å². The molecular formula is C18H20ClFN2O. The summed E-state index contributed by atoms with van der Waals surface area (Å²) in [5.41, 5.74) is 2.14. The lowest BCUT2D eigenvalue weighted by atomic mass is 10.0. The molecule has 1 unspecified atom stereocenters. The fraction of sp³-hybridized carbons (Fsp3) is 0.278. The number of likely N-dealkylation sites (N-methyl/N-ethyl adjacent to an activating group) is 1. The number of benzene rings is 2. The summed E-state index contributed by atoms with van der Waals surface area (Å²) in [6.07, 6.45) is 0. The summed E-state index contributed by atoms with van der Waals surface area (Å²) in [5.74, 6) is -1.13. The Hall–Kier alpha value is -1.91. The van der Waals surface area contributed by atoms with Gasteiger partial charge in [-0.15, -0.1) is 0 Å². The van der Waals surface area contributed by atoms with Crippen molar-refractivity contribution in [1.82, 2.24) is 10.2 Å². The maximum atomic E-state index is 13.8. The summed E-state index contributed by atoms with van der Waals surface area (Å²) in [7, 11) is 3.87. The zero-order valence-electron chi connectivity index (χ0n) is 13.4. The molecule has 2 rings (SSSR count). The van der Waals surface area contributed by atoms with Crippen molar-refractivity contribution in [2.24, 2.45) is 0 Å². The molecule has 0 aromatic heterocycles. The molecule has 0 aliphatic rings. The van der Waals surface area contributed by atoms with Crippen LogP contribution in [0.2, 0.25) is 5.02 Å². The largest absolute Gasteiger partial charge is 0.350 e. The fourth-order valence-corrected chi connectivity index (χ4v) is 2.63. The second-order valence-electron chi connectivity index (χ2n) is 5.70. The standard InChI is InChI=1S/C18H20ClFN2O/c1-12-7-9-13(10-8-12)16(22(2)3)11-21-18(23)17-14(19)5-4-6-15(17)20/h4-10,16H,11H2,1-3H3,(H,21,23). The minimum Gasteiger partial charge on any atom is -0.350 e. The van der Waals surface area contributed by atoms with Crippen LogP contribution in [0.4, 0.5) is 4.39 Å². The Kier molecular flexibility index (Phi) is 5.74. The Morgan fingerprint density at radius 2 is 1.87 bits per heavy atom. The third-order valence-corrected chi connectivity index (χ3v) is 4.05. The van der Waals surface area contributed by atoms with Gasteiger partial charge in [0.05, 0.1) is 16.6 Å². The van der Waals surface area contributed by atoms with E-state index in [0.717, 1.165) is 5.56 Å². The molecule has 0 saturated heterocycles. The predicted molar refractivity (Wildman–Crippen MR) is 91.4 cm³/mol. The summed E-state index contributed by atoms with van der Waals surface area (Å²) in [6.45, 7) is 2.38. The Morgan fingerprint density at radius 1 is 1.22 bits per heavy atom. The Bertz CT molecular complexity index is 666. The lowest BCUT2D eigenvalue weighted by molar-refractivity contribution is 0.0938. The van der Waals surface area contributed by atoms with Crippen molar-refractivity contribution in [1.29, 1.82) is 0 Å². The average molecular weight is 335 g/mol. The van der Waals surface area contributed by atoms with Gasteiger partial charge in [0.1, 0.15) is 5.82 Å². The predicted octanol–water partition coefficient (Wildman–Crippen LogP) is 3.82. The number of amides is 1. The number of nitrogens with one attached hydrogen (secondary N) is 1. The van der Waals surface area contributed by atoms with Crippen LogP contribution in [0, 0.1) is 12.7 Å². The summed E-state index contributed by atoms with van der Waals surface area (Å²) in [4.78, 5) is 14.3. The Balaban J connectivity index is 2.13. The van der Waals surface area contributed by atoms with Gasteiger partial charge in [-0.25, -0.2) is 4.39 Å². The number of hydrogen-bond donors (Lipinski definition) is 1. The minimum absolute atomic E-state index is 0.00917. The molecule has 0 fully saturated rings. The molecule has 1 N–H and O–H groups in total. The van der Waals surface area contributed by atoms with Crippen molar-refractivity contribution in [3.63, 3.8) is 0 Å². The zero-order valence-corrected chi connectivity index (χ0v) is 14.2. The number of nitrogens with zero attached hydrogens (tertiary/aromatic N) is 1. The van der Waals surface area contributed by atoms with Gasteiger partial charge in [0.15, 0.2) is 0 Å². The van der Waals surface area contributed by atoms with Crippen LogP contribution in [-0.2, 0) is 0 Å². The van der Waals surface area contributed by atoms with Crippen LogP contribution >= 0.6 is 11.6 Å². The van der Waals surface area contributed by atoms with Gasteiger partial charge in [0.2, 0.25) is 0 Å². The highest BCUT2D eigenvalue weighted by Crippen LogP contribution is 2.21. The molecule has 1 atom stereocenters. The summed E-state index contributed by atoms with van der Waals surface area (Å²) in [6, 6.07) is 12.3. The van der Waals surface area contributed by atoms with Crippen LogP contribution in [0.25, 0.3) is 0 Å². The molecule has 0 heterocycles. The smallest absolute Gasteiger partial charge is 0.255 e. The second kappa shape index (κ2) is 7.57. The first kappa shape index (κ1) is 17.4. The molecule has 0 aliphatic heterocycles. The SMILES string of the molecule is Cc1ccc(C(CNC(=O)c2c(F)cccc2Cl)N(C)C)cc1. The van der Waals surface area contributed by atoms with Gasteiger partial charge >= 0.3 is 0 Å². The molecule has 0 spiro atoms.